The van der Waals surface area contributed by atoms with E-state index in [0.717, 1.165) is 16.0 Å². The number of hydrogen-bond donors (Lipinski definition) is 2. The summed E-state index contributed by atoms with van der Waals surface area (Å²) in [6.45, 7) is 1.25. The van der Waals surface area contributed by atoms with Gasteiger partial charge in [-0.25, -0.2) is 4.79 Å². The normalized spacial score (nSPS) is 17.7. The van der Waals surface area contributed by atoms with Crippen molar-refractivity contribution in [3.63, 3.8) is 0 Å². The monoisotopic (exact) mass is 443 g/mol. The van der Waals surface area contributed by atoms with Crippen LogP contribution in [-0.2, 0) is 15.1 Å². The van der Waals surface area contributed by atoms with E-state index in [-0.39, 0.29) is 6.54 Å². The summed E-state index contributed by atoms with van der Waals surface area (Å²) in [5, 5.41) is 5.69. The van der Waals surface area contributed by atoms with Crippen molar-refractivity contribution in [1.29, 1.82) is 0 Å². The van der Waals surface area contributed by atoms with Crippen LogP contribution in [0, 0.1) is 0 Å². The molecule has 0 bridgehead atoms. The van der Waals surface area contributed by atoms with Crippen LogP contribution in [-0.4, -0.2) is 36.4 Å². The van der Waals surface area contributed by atoms with Crippen LogP contribution in [0.3, 0.4) is 0 Å². The van der Waals surface area contributed by atoms with Crippen LogP contribution >= 0.6 is 0 Å². The van der Waals surface area contributed by atoms with Crippen LogP contribution in [0.1, 0.15) is 29.7 Å². The van der Waals surface area contributed by atoms with Crippen molar-refractivity contribution in [1.82, 2.24) is 15.5 Å². The van der Waals surface area contributed by atoms with Crippen molar-refractivity contribution in [2.45, 2.75) is 18.5 Å². The van der Waals surface area contributed by atoms with Crippen LogP contribution in [0.5, 0.6) is 5.75 Å². The van der Waals surface area contributed by atoms with E-state index in [9.17, 15) is 14.4 Å². The minimum atomic E-state index is -1.26. The summed E-state index contributed by atoms with van der Waals surface area (Å²) in [6.07, 6.45) is 0. The summed E-state index contributed by atoms with van der Waals surface area (Å²) >= 11 is 0. The van der Waals surface area contributed by atoms with Crippen molar-refractivity contribution < 1.29 is 19.1 Å². The van der Waals surface area contributed by atoms with Crippen molar-refractivity contribution in [2.75, 3.05) is 13.7 Å². The Balaban J connectivity index is 1.52. The molecule has 168 valence electrons. The molecule has 3 aromatic carbocycles. The van der Waals surface area contributed by atoms with E-state index in [1.807, 2.05) is 60.7 Å². The zero-order valence-corrected chi connectivity index (χ0v) is 18.4. The van der Waals surface area contributed by atoms with Gasteiger partial charge in [-0.1, -0.05) is 72.8 Å². The maximum atomic E-state index is 13.2. The highest BCUT2D eigenvalue weighted by Crippen LogP contribution is 2.30. The molecule has 1 heterocycles. The topological polar surface area (TPSA) is 87.7 Å². The second-order valence-corrected chi connectivity index (χ2v) is 8.00. The van der Waals surface area contributed by atoms with E-state index in [1.54, 1.807) is 38.3 Å². The lowest BCUT2D eigenvalue weighted by atomic mass is 9.92. The molecule has 1 saturated heterocycles. The average Bonchev–Trinajstić information content (AvgIpc) is 3.07. The lowest BCUT2D eigenvalue weighted by Crippen LogP contribution is -2.44. The Morgan fingerprint density at radius 2 is 1.48 bits per heavy atom. The molecule has 3 aromatic rings. The molecule has 1 aliphatic rings. The van der Waals surface area contributed by atoms with Gasteiger partial charge in [-0.2, -0.15) is 0 Å². The lowest BCUT2D eigenvalue weighted by Gasteiger charge is -2.23. The summed E-state index contributed by atoms with van der Waals surface area (Å²) in [6, 6.07) is 25.0. The highest BCUT2D eigenvalue weighted by atomic mass is 16.5. The maximum absolute atomic E-state index is 13.2. The summed E-state index contributed by atoms with van der Waals surface area (Å²) in [7, 11) is 1.55. The standard InChI is InChI=1S/C26H25N3O4/c1-26(20-13-15-21(33-2)16-14-20)24(31)29(25(32)28-26)17-22(30)27-23(18-9-5-3-6-10-18)19-11-7-4-8-12-19/h3-16,23H,17H2,1-2H3,(H,27,30)(H,28,32). The van der Waals surface area contributed by atoms with Crippen LogP contribution < -0.4 is 15.4 Å². The summed E-state index contributed by atoms with van der Waals surface area (Å²) in [5.41, 5.74) is 1.15. The second-order valence-electron chi connectivity index (χ2n) is 8.00. The van der Waals surface area contributed by atoms with Crippen LogP contribution in [0.15, 0.2) is 84.9 Å². The Kier molecular flexibility index (Phi) is 6.13. The van der Waals surface area contributed by atoms with Crippen LogP contribution in [0.25, 0.3) is 0 Å². The SMILES string of the molecule is COc1ccc(C2(C)NC(=O)N(CC(=O)NC(c3ccccc3)c3ccccc3)C2=O)cc1. The van der Waals surface area contributed by atoms with E-state index < -0.39 is 29.4 Å². The number of ether oxygens (including phenoxy) is 1. The minimum Gasteiger partial charge on any atom is -0.497 e. The van der Waals surface area contributed by atoms with Gasteiger partial charge in [-0.3, -0.25) is 14.5 Å². The molecule has 7 heteroatoms. The van der Waals surface area contributed by atoms with Gasteiger partial charge in [-0.05, 0) is 35.7 Å². The number of urea groups is 1. The third kappa shape index (κ3) is 4.43. The molecule has 1 fully saturated rings. The average molecular weight is 444 g/mol. The summed E-state index contributed by atoms with van der Waals surface area (Å²) in [4.78, 5) is 39.8. The van der Waals surface area contributed by atoms with Gasteiger partial charge < -0.3 is 15.4 Å². The Labute approximate surface area is 192 Å². The number of hydrogen-bond acceptors (Lipinski definition) is 4. The number of benzene rings is 3. The van der Waals surface area contributed by atoms with Gasteiger partial charge in [0.15, 0.2) is 0 Å². The molecule has 1 unspecified atom stereocenters. The fourth-order valence-corrected chi connectivity index (χ4v) is 3.96. The quantitative estimate of drug-likeness (QED) is 0.548. The zero-order chi connectivity index (χ0) is 23.4. The molecule has 0 spiro atoms. The first-order chi connectivity index (χ1) is 15.9. The molecular weight excluding hydrogens is 418 g/mol. The Bertz CT molecular complexity index is 1110. The molecule has 1 aliphatic heterocycles. The number of nitrogens with one attached hydrogen (secondary N) is 2. The molecule has 4 rings (SSSR count). The van der Waals surface area contributed by atoms with E-state index >= 15 is 0 Å². The molecule has 33 heavy (non-hydrogen) atoms. The highest BCUT2D eigenvalue weighted by Gasteiger charge is 2.49. The van der Waals surface area contributed by atoms with E-state index in [0.29, 0.717) is 11.3 Å². The second kappa shape index (κ2) is 9.16. The van der Waals surface area contributed by atoms with Gasteiger partial charge >= 0.3 is 6.03 Å². The highest BCUT2D eigenvalue weighted by molar-refractivity contribution is 6.09. The molecule has 7 nitrogen and oxygen atoms in total. The van der Waals surface area contributed by atoms with Gasteiger partial charge in [0.1, 0.15) is 17.8 Å². The van der Waals surface area contributed by atoms with Gasteiger partial charge in [0, 0.05) is 0 Å². The molecule has 2 N–H and O–H groups in total. The number of imide groups is 1. The van der Waals surface area contributed by atoms with Crippen molar-refractivity contribution >= 4 is 17.8 Å². The van der Waals surface area contributed by atoms with Crippen LogP contribution in [0.4, 0.5) is 4.79 Å². The first-order valence-corrected chi connectivity index (χ1v) is 10.6. The predicted molar refractivity (Wildman–Crippen MR) is 123 cm³/mol. The Morgan fingerprint density at radius 3 is 2.00 bits per heavy atom. The molecule has 4 amide bonds. The van der Waals surface area contributed by atoms with E-state index in [4.69, 9.17) is 4.74 Å². The van der Waals surface area contributed by atoms with Gasteiger partial charge in [0.25, 0.3) is 5.91 Å². The largest absolute Gasteiger partial charge is 0.497 e. The summed E-state index contributed by atoms with van der Waals surface area (Å²) < 4.78 is 5.16. The van der Waals surface area contributed by atoms with Crippen LogP contribution in [0.2, 0.25) is 0 Å². The maximum Gasteiger partial charge on any atom is 0.325 e. The minimum absolute atomic E-state index is 0.382. The van der Waals surface area contributed by atoms with Gasteiger partial charge in [0.2, 0.25) is 5.91 Å². The molecule has 0 saturated carbocycles. The van der Waals surface area contributed by atoms with Crippen molar-refractivity contribution in [3.05, 3.63) is 102 Å². The number of nitrogens with zero attached hydrogens (tertiary/aromatic N) is 1. The Hall–Kier alpha value is -4.13. The number of methoxy groups -OCH3 is 1. The fourth-order valence-electron chi connectivity index (χ4n) is 3.96. The Morgan fingerprint density at radius 1 is 0.939 bits per heavy atom. The molecule has 1 atom stereocenters. The third-order valence-corrected chi connectivity index (χ3v) is 5.82. The van der Waals surface area contributed by atoms with E-state index in [1.165, 1.54) is 0 Å². The number of amides is 4. The number of carbonyl (C=O) groups is 3. The molecule has 0 aromatic heterocycles. The fraction of sp³-hybridized carbons (Fsp3) is 0.192. The first kappa shape index (κ1) is 22.1. The number of rotatable bonds is 7. The first-order valence-electron chi connectivity index (χ1n) is 10.6. The lowest BCUT2D eigenvalue weighted by molar-refractivity contribution is -0.135. The third-order valence-electron chi connectivity index (χ3n) is 5.82. The van der Waals surface area contributed by atoms with Gasteiger partial charge in [-0.15, -0.1) is 0 Å². The molecular formula is C26H25N3O4. The molecule has 0 aliphatic carbocycles. The van der Waals surface area contributed by atoms with Crippen molar-refractivity contribution in [2.24, 2.45) is 0 Å². The number of carbonyl (C=O) groups excluding carboxylic acids is 3. The van der Waals surface area contributed by atoms with Gasteiger partial charge in [0.05, 0.1) is 13.2 Å². The summed E-state index contributed by atoms with van der Waals surface area (Å²) in [5.74, 6) is -0.276. The zero-order valence-electron chi connectivity index (χ0n) is 18.4. The predicted octanol–water partition coefficient (Wildman–Crippen LogP) is 3.37. The van der Waals surface area contributed by atoms with E-state index in [2.05, 4.69) is 10.6 Å². The smallest absolute Gasteiger partial charge is 0.325 e. The molecule has 0 radical (unpaired) electrons. The van der Waals surface area contributed by atoms with Crippen molar-refractivity contribution in [3.8, 4) is 5.75 Å².